The maximum absolute atomic E-state index is 12.0. The number of nitrogens with one attached hydrogen (secondary N) is 2. The van der Waals surface area contributed by atoms with Crippen molar-refractivity contribution in [2.75, 3.05) is 5.32 Å². The van der Waals surface area contributed by atoms with E-state index >= 15 is 0 Å². The number of carbonyl (C=O) groups is 2. The number of hydrazone groups is 1. The quantitative estimate of drug-likeness (QED) is 0.647. The Morgan fingerprint density at radius 1 is 1.27 bits per heavy atom. The number of hydrogen-bond acceptors (Lipinski definition) is 4. The second-order valence-corrected chi connectivity index (χ2v) is 5.60. The normalized spacial score (nSPS) is 16.1. The number of nitrogens with zero attached hydrogens (tertiary/aromatic N) is 2. The van der Waals surface area contributed by atoms with Gasteiger partial charge in [0.2, 0.25) is 11.8 Å². The topological polar surface area (TPSA) is 83.4 Å². The fourth-order valence-corrected chi connectivity index (χ4v) is 2.50. The summed E-state index contributed by atoms with van der Waals surface area (Å²) in [5.41, 5.74) is 3.14. The molecular weight excluding hydrogens is 280 g/mol. The summed E-state index contributed by atoms with van der Waals surface area (Å²) in [5, 5.41) is 6.70. The fourth-order valence-electron chi connectivity index (χ4n) is 2.50. The third kappa shape index (κ3) is 5.27. The molecule has 0 spiro atoms. The van der Waals surface area contributed by atoms with Crippen LogP contribution in [0, 0.1) is 5.92 Å². The highest BCUT2D eigenvalue weighted by molar-refractivity contribution is 6.05. The first kappa shape index (κ1) is 16.1. The van der Waals surface area contributed by atoms with Crippen LogP contribution in [0.25, 0.3) is 0 Å². The highest BCUT2D eigenvalue weighted by atomic mass is 16.2. The zero-order valence-corrected chi connectivity index (χ0v) is 12.8. The zero-order chi connectivity index (χ0) is 15.8. The van der Waals surface area contributed by atoms with E-state index in [1.54, 1.807) is 31.3 Å². The first-order valence-electron chi connectivity index (χ1n) is 7.69. The summed E-state index contributed by atoms with van der Waals surface area (Å²) in [6.07, 6.45) is 7.02. The number of anilines is 1. The second kappa shape index (κ2) is 8.26. The van der Waals surface area contributed by atoms with Crippen LogP contribution in [0.1, 0.15) is 45.4 Å². The summed E-state index contributed by atoms with van der Waals surface area (Å²) >= 11 is 0. The van der Waals surface area contributed by atoms with Gasteiger partial charge in [0.15, 0.2) is 0 Å². The minimum atomic E-state index is -0.202. The third-order valence-corrected chi connectivity index (χ3v) is 3.68. The molecule has 1 aromatic rings. The van der Waals surface area contributed by atoms with Gasteiger partial charge in [-0.15, -0.1) is 0 Å². The van der Waals surface area contributed by atoms with Gasteiger partial charge in [0.05, 0.1) is 6.42 Å². The predicted molar refractivity (Wildman–Crippen MR) is 85.3 cm³/mol. The van der Waals surface area contributed by atoms with Crippen LogP contribution in [0.3, 0.4) is 0 Å². The van der Waals surface area contributed by atoms with Crippen molar-refractivity contribution < 1.29 is 9.59 Å². The molecule has 0 aliphatic heterocycles. The first-order chi connectivity index (χ1) is 10.6. The molecule has 0 bridgehead atoms. The molecule has 118 valence electrons. The molecule has 0 radical (unpaired) electrons. The molecule has 22 heavy (non-hydrogen) atoms. The Morgan fingerprint density at radius 3 is 2.73 bits per heavy atom. The second-order valence-electron chi connectivity index (χ2n) is 5.60. The molecule has 2 amide bonds. The summed E-state index contributed by atoms with van der Waals surface area (Å²) < 4.78 is 0. The molecule has 1 aromatic heterocycles. The highest BCUT2D eigenvalue weighted by Gasteiger charge is 2.20. The molecule has 1 aliphatic carbocycles. The van der Waals surface area contributed by atoms with Gasteiger partial charge in [-0.2, -0.15) is 5.10 Å². The van der Waals surface area contributed by atoms with Gasteiger partial charge in [0.1, 0.15) is 5.82 Å². The number of pyridine rings is 1. The summed E-state index contributed by atoms with van der Waals surface area (Å²) in [6, 6.07) is 5.30. The van der Waals surface area contributed by atoms with E-state index in [9.17, 15) is 9.59 Å². The van der Waals surface area contributed by atoms with Crippen LogP contribution in [-0.4, -0.2) is 22.5 Å². The maximum atomic E-state index is 12.0. The average molecular weight is 302 g/mol. The van der Waals surface area contributed by atoms with Gasteiger partial charge in [-0.3, -0.25) is 9.59 Å². The molecule has 1 saturated carbocycles. The molecular formula is C16H22N4O2. The van der Waals surface area contributed by atoms with Gasteiger partial charge in [0, 0.05) is 17.8 Å². The Morgan fingerprint density at radius 2 is 2.05 bits per heavy atom. The van der Waals surface area contributed by atoms with Crippen molar-refractivity contribution >= 4 is 23.3 Å². The number of rotatable bonds is 5. The van der Waals surface area contributed by atoms with E-state index in [1.165, 1.54) is 6.42 Å². The Balaban J connectivity index is 1.77. The molecule has 1 fully saturated rings. The summed E-state index contributed by atoms with van der Waals surface area (Å²) in [7, 11) is 0. The van der Waals surface area contributed by atoms with Crippen molar-refractivity contribution in [1.29, 1.82) is 0 Å². The van der Waals surface area contributed by atoms with Gasteiger partial charge < -0.3 is 5.32 Å². The lowest BCUT2D eigenvalue weighted by molar-refractivity contribution is -0.126. The van der Waals surface area contributed by atoms with Gasteiger partial charge in [-0.25, -0.2) is 10.4 Å². The van der Waals surface area contributed by atoms with E-state index in [0.29, 0.717) is 11.5 Å². The van der Waals surface area contributed by atoms with Crippen LogP contribution in [0.2, 0.25) is 0 Å². The van der Waals surface area contributed by atoms with Crippen molar-refractivity contribution in [3.05, 3.63) is 24.4 Å². The van der Waals surface area contributed by atoms with Crippen LogP contribution in [0.4, 0.5) is 5.82 Å². The first-order valence-corrected chi connectivity index (χ1v) is 7.69. The van der Waals surface area contributed by atoms with E-state index in [4.69, 9.17) is 0 Å². The van der Waals surface area contributed by atoms with Crippen molar-refractivity contribution in [2.24, 2.45) is 11.0 Å². The Labute approximate surface area is 130 Å². The molecule has 6 heteroatoms. The average Bonchev–Trinajstić information content (AvgIpc) is 2.54. The monoisotopic (exact) mass is 302 g/mol. The number of amides is 2. The van der Waals surface area contributed by atoms with Gasteiger partial charge in [-0.05, 0) is 31.9 Å². The Kier molecular flexibility index (Phi) is 6.06. The Bertz CT molecular complexity index is 536. The molecule has 0 atom stereocenters. The van der Waals surface area contributed by atoms with E-state index in [1.807, 2.05) is 0 Å². The van der Waals surface area contributed by atoms with Gasteiger partial charge in [0.25, 0.3) is 0 Å². The minimum Gasteiger partial charge on any atom is -0.310 e. The number of hydrogen-bond donors (Lipinski definition) is 2. The van der Waals surface area contributed by atoms with Crippen LogP contribution < -0.4 is 10.7 Å². The van der Waals surface area contributed by atoms with Crippen LogP contribution >= 0.6 is 0 Å². The van der Waals surface area contributed by atoms with E-state index in [0.717, 1.165) is 25.7 Å². The lowest BCUT2D eigenvalue weighted by Gasteiger charge is -2.19. The molecule has 6 nitrogen and oxygen atoms in total. The zero-order valence-electron chi connectivity index (χ0n) is 12.8. The minimum absolute atomic E-state index is 0.0378. The van der Waals surface area contributed by atoms with Crippen LogP contribution in [0.15, 0.2) is 29.5 Å². The SMILES string of the molecule is CC(CC(=O)Nc1ccccn1)=NNC(=O)C1CCCCC1. The molecule has 0 saturated heterocycles. The molecule has 2 rings (SSSR count). The van der Waals surface area contributed by atoms with Crippen molar-refractivity contribution in [3.63, 3.8) is 0 Å². The molecule has 1 heterocycles. The van der Waals surface area contributed by atoms with Gasteiger partial charge >= 0.3 is 0 Å². The summed E-state index contributed by atoms with van der Waals surface area (Å²) in [5.74, 6) is 0.329. The smallest absolute Gasteiger partial charge is 0.243 e. The highest BCUT2D eigenvalue weighted by Crippen LogP contribution is 2.23. The van der Waals surface area contributed by atoms with Crippen LogP contribution in [0.5, 0.6) is 0 Å². The largest absolute Gasteiger partial charge is 0.310 e. The van der Waals surface area contributed by atoms with E-state index < -0.39 is 0 Å². The summed E-state index contributed by atoms with van der Waals surface area (Å²) in [4.78, 5) is 27.8. The molecule has 1 aliphatic rings. The maximum Gasteiger partial charge on any atom is 0.243 e. The standard InChI is InChI=1S/C16H22N4O2/c1-12(11-15(21)18-14-9-5-6-10-17-14)19-20-16(22)13-7-3-2-4-8-13/h5-6,9-10,13H,2-4,7-8,11H2,1H3,(H,20,22)(H,17,18,21). The molecule has 0 unspecified atom stereocenters. The fraction of sp³-hybridized carbons (Fsp3) is 0.500. The van der Waals surface area contributed by atoms with Gasteiger partial charge in [-0.1, -0.05) is 25.3 Å². The lowest BCUT2D eigenvalue weighted by Crippen LogP contribution is -2.29. The van der Waals surface area contributed by atoms with Crippen molar-refractivity contribution in [3.8, 4) is 0 Å². The predicted octanol–water partition coefficient (Wildman–Crippen LogP) is 2.48. The van der Waals surface area contributed by atoms with Crippen molar-refractivity contribution in [1.82, 2.24) is 10.4 Å². The summed E-state index contributed by atoms with van der Waals surface area (Å²) in [6.45, 7) is 1.72. The third-order valence-electron chi connectivity index (χ3n) is 3.68. The number of carbonyl (C=O) groups excluding carboxylic acids is 2. The van der Waals surface area contributed by atoms with E-state index in [-0.39, 0.29) is 24.2 Å². The van der Waals surface area contributed by atoms with E-state index in [2.05, 4.69) is 20.8 Å². The number of aromatic nitrogens is 1. The Hall–Kier alpha value is -2.24. The van der Waals surface area contributed by atoms with Crippen LogP contribution in [-0.2, 0) is 9.59 Å². The molecule has 2 N–H and O–H groups in total. The lowest BCUT2D eigenvalue weighted by atomic mass is 9.89. The van der Waals surface area contributed by atoms with Crippen molar-refractivity contribution in [2.45, 2.75) is 45.4 Å². The molecule has 0 aromatic carbocycles.